The predicted molar refractivity (Wildman–Crippen MR) is 139 cm³/mol. The van der Waals surface area contributed by atoms with Crippen LogP contribution in [0.15, 0.2) is 78.9 Å². The molecule has 1 heterocycles. The normalized spacial score (nSPS) is 10.8. The van der Waals surface area contributed by atoms with E-state index in [2.05, 4.69) is 0 Å². The Bertz CT molecular complexity index is 1330. The van der Waals surface area contributed by atoms with Crippen LogP contribution in [0.2, 0.25) is 0 Å². The van der Waals surface area contributed by atoms with Crippen LogP contribution in [0.5, 0.6) is 23.1 Å². The van der Waals surface area contributed by atoms with Gasteiger partial charge in [0.2, 0.25) is 5.88 Å². The molecule has 1 aromatic heterocycles. The van der Waals surface area contributed by atoms with Gasteiger partial charge in [0.25, 0.3) is 5.91 Å². The first kappa shape index (κ1) is 24.9. The summed E-state index contributed by atoms with van der Waals surface area (Å²) in [5.41, 5.74) is 3.03. The van der Waals surface area contributed by atoms with E-state index < -0.39 is 0 Å². The Kier molecular flexibility index (Phi) is 7.59. The van der Waals surface area contributed by atoms with Gasteiger partial charge in [-0.25, -0.2) is 4.68 Å². The van der Waals surface area contributed by atoms with Crippen LogP contribution in [0.4, 0.5) is 0 Å². The zero-order valence-electron chi connectivity index (χ0n) is 21.3. The van der Waals surface area contributed by atoms with Crippen LogP contribution in [-0.2, 0) is 6.54 Å². The highest BCUT2D eigenvalue weighted by Crippen LogP contribution is 2.33. The Labute approximate surface area is 211 Å². The molecule has 0 N–H and O–H groups in total. The number of benzene rings is 3. The second kappa shape index (κ2) is 11.0. The van der Waals surface area contributed by atoms with E-state index in [4.69, 9.17) is 19.3 Å². The quantitative estimate of drug-likeness (QED) is 0.289. The number of carbonyl (C=O) groups is 1. The fraction of sp³-hybridized carbons (Fsp3) is 0.241. The lowest BCUT2D eigenvalue weighted by Crippen LogP contribution is -2.36. The molecule has 36 heavy (non-hydrogen) atoms. The predicted octanol–water partition coefficient (Wildman–Crippen LogP) is 6.04. The van der Waals surface area contributed by atoms with Crippen molar-refractivity contribution in [3.8, 4) is 28.8 Å². The monoisotopic (exact) mass is 485 g/mol. The van der Waals surface area contributed by atoms with Gasteiger partial charge in [-0.2, -0.15) is 5.10 Å². The standard InChI is InChI=1S/C29H31N3O4/c1-20(2)31(28(33)22-11-9-14-24(17-22)34-4)19-27-21(3)30-32(23-12-7-6-8-13-23)29(27)36-26-16-10-15-25(18-26)35-5/h6-18,20H,19H2,1-5H3. The second-order valence-corrected chi connectivity index (χ2v) is 8.66. The van der Waals surface area contributed by atoms with Gasteiger partial charge in [-0.15, -0.1) is 0 Å². The number of rotatable bonds is 9. The first-order valence-corrected chi connectivity index (χ1v) is 11.8. The third kappa shape index (κ3) is 5.35. The van der Waals surface area contributed by atoms with Gasteiger partial charge in [0.1, 0.15) is 17.2 Å². The van der Waals surface area contributed by atoms with Gasteiger partial charge in [-0.1, -0.05) is 30.3 Å². The molecule has 7 nitrogen and oxygen atoms in total. The number of carbonyl (C=O) groups excluding carboxylic acids is 1. The van der Waals surface area contributed by atoms with E-state index in [1.54, 1.807) is 31.0 Å². The van der Waals surface area contributed by atoms with E-state index in [0.717, 1.165) is 16.9 Å². The molecule has 0 fully saturated rings. The Hall–Kier alpha value is -4.26. The summed E-state index contributed by atoms with van der Waals surface area (Å²) in [4.78, 5) is 15.4. The average Bonchev–Trinajstić information content (AvgIpc) is 3.21. The number of para-hydroxylation sites is 1. The largest absolute Gasteiger partial charge is 0.497 e. The Morgan fingerprint density at radius 3 is 2.19 bits per heavy atom. The number of methoxy groups -OCH3 is 2. The first-order chi connectivity index (χ1) is 17.4. The van der Waals surface area contributed by atoms with Crippen molar-refractivity contribution in [2.45, 2.75) is 33.4 Å². The van der Waals surface area contributed by atoms with Crippen molar-refractivity contribution in [3.05, 3.63) is 95.7 Å². The lowest BCUT2D eigenvalue weighted by Gasteiger charge is -2.27. The Balaban J connectivity index is 1.77. The van der Waals surface area contributed by atoms with Gasteiger partial charge in [0.05, 0.1) is 37.7 Å². The number of hydrogen-bond donors (Lipinski definition) is 0. The first-order valence-electron chi connectivity index (χ1n) is 11.8. The maximum atomic E-state index is 13.6. The summed E-state index contributed by atoms with van der Waals surface area (Å²) in [5.74, 6) is 2.40. The number of nitrogens with zero attached hydrogens (tertiary/aromatic N) is 3. The molecular formula is C29H31N3O4. The molecule has 0 radical (unpaired) electrons. The minimum absolute atomic E-state index is 0.0622. The lowest BCUT2D eigenvalue weighted by atomic mass is 10.1. The van der Waals surface area contributed by atoms with Gasteiger partial charge in [0.15, 0.2) is 0 Å². The topological polar surface area (TPSA) is 65.8 Å². The molecule has 0 aliphatic heterocycles. The van der Waals surface area contributed by atoms with E-state index in [-0.39, 0.29) is 11.9 Å². The van der Waals surface area contributed by atoms with Crippen molar-refractivity contribution in [1.82, 2.24) is 14.7 Å². The highest BCUT2D eigenvalue weighted by molar-refractivity contribution is 5.94. The molecule has 0 atom stereocenters. The number of aromatic nitrogens is 2. The average molecular weight is 486 g/mol. The third-order valence-corrected chi connectivity index (χ3v) is 5.92. The van der Waals surface area contributed by atoms with Crippen LogP contribution >= 0.6 is 0 Å². The van der Waals surface area contributed by atoms with Gasteiger partial charge in [-0.3, -0.25) is 4.79 Å². The summed E-state index contributed by atoms with van der Waals surface area (Å²) < 4.78 is 18.9. The van der Waals surface area contributed by atoms with Crippen LogP contribution < -0.4 is 14.2 Å². The van der Waals surface area contributed by atoms with E-state index in [0.29, 0.717) is 35.2 Å². The molecule has 0 saturated heterocycles. The van der Waals surface area contributed by atoms with Crippen LogP contribution in [0, 0.1) is 6.92 Å². The molecule has 0 saturated carbocycles. The number of ether oxygens (including phenoxy) is 3. The highest BCUT2D eigenvalue weighted by atomic mass is 16.5. The Morgan fingerprint density at radius 2 is 1.53 bits per heavy atom. The fourth-order valence-corrected chi connectivity index (χ4v) is 3.93. The maximum absolute atomic E-state index is 13.6. The smallest absolute Gasteiger partial charge is 0.254 e. The van der Waals surface area contributed by atoms with Gasteiger partial charge in [-0.05, 0) is 63.2 Å². The van der Waals surface area contributed by atoms with Crippen molar-refractivity contribution < 1.29 is 19.0 Å². The van der Waals surface area contributed by atoms with Crippen molar-refractivity contribution in [1.29, 1.82) is 0 Å². The zero-order chi connectivity index (χ0) is 25.7. The lowest BCUT2D eigenvalue weighted by molar-refractivity contribution is 0.0688. The Morgan fingerprint density at radius 1 is 0.889 bits per heavy atom. The minimum Gasteiger partial charge on any atom is -0.497 e. The van der Waals surface area contributed by atoms with Crippen LogP contribution in [0.25, 0.3) is 5.69 Å². The van der Waals surface area contributed by atoms with Crippen LogP contribution in [-0.4, -0.2) is 40.8 Å². The molecule has 3 aromatic carbocycles. The number of amides is 1. The summed E-state index contributed by atoms with van der Waals surface area (Å²) in [5, 5.41) is 4.79. The van der Waals surface area contributed by atoms with Crippen molar-refractivity contribution in [3.63, 3.8) is 0 Å². The fourth-order valence-electron chi connectivity index (χ4n) is 3.93. The molecule has 0 unspecified atom stereocenters. The van der Waals surface area contributed by atoms with Crippen molar-refractivity contribution in [2.75, 3.05) is 14.2 Å². The van der Waals surface area contributed by atoms with E-state index in [9.17, 15) is 4.79 Å². The van der Waals surface area contributed by atoms with E-state index in [1.807, 2.05) is 92.4 Å². The zero-order valence-corrected chi connectivity index (χ0v) is 21.3. The van der Waals surface area contributed by atoms with Crippen LogP contribution in [0.3, 0.4) is 0 Å². The second-order valence-electron chi connectivity index (χ2n) is 8.66. The number of hydrogen-bond acceptors (Lipinski definition) is 5. The molecule has 0 aliphatic carbocycles. The minimum atomic E-state index is -0.0944. The summed E-state index contributed by atoms with van der Waals surface area (Å²) in [6.07, 6.45) is 0. The SMILES string of the molecule is COc1cccc(Oc2c(CN(C(=O)c3cccc(OC)c3)C(C)C)c(C)nn2-c2ccccc2)c1. The molecule has 4 rings (SSSR count). The molecule has 0 bridgehead atoms. The molecule has 0 aliphatic rings. The molecular weight excluding hydrogens is 454 g/mol. The van der Waals surface area contributed by atoms with Gasteiger partial charge >= 0.3 is 0 Å². The van der Waals surface area contributed by atoms with E-state index >= 15 is 0 Å². The molecule has 186 valence electrons. The van der Waals surface area contributed by atoms with E-state index in [1.165, 1.54) is 0 Å². The molecule has 4 aromatic rings. The summed E-state index contributed by atoms with van der Waals surface area (Å²) in [6, 6.07) is 24.4. The van der Waals surface area contributed by atoms with Crippen molar-refractivity contribution >= 4 is 5.91 Å². The molecule has 0 spiro atoms. The third-order valence-electron chi connectivity index (χ3n) is 5.92. The molecule has 7 heteroatoms. The maximum Gasteiger partial charge on any atom is 0.254 e. The number of aryl methyl sites for hydroxylation is 1. The van der Waals surface area contributed by atoms with Crippen LogP contribution in [0.1, 0.15) is 35.5 Å². The highest BCUT2D eigenvalue weighted by Gasteiger charge is 2.26. The summed E-state index contributed by atoms with van der Waals surface area (Å²) in [6.45, 7) is 6.25. The van der Waals surface area contributed by atoms with Gasteiger partial charge in [0, 0.05) is 17.7 Å². The summed E-state index contributed by atoms with van der Waals surface area (Å²) in [7, 11) is 3.21. The van der Waals surface area contributed by atoms with Gasteiger partial charge < -0.3 is 19.1 Å². The molecule has 1 amide bonds. The summed E-state index contributed by atoms with van der Waals surface area (Å²) >= 11 is 0. The van der Waals surface area contributed by atoms with Crippen molar-refractivity contribution in [2.24, 2.45) is 0 Å².